The molecule has 3 rings (SSSR count). The standard InChI is InChI=1S/C20H18ClFN4O2/c1-26-10-9-23-19(26)18(13-5-7-15(21)8-6-13)25-17(27)12-24-20(28)14-3-2-4-16(22)11-14/h2-11,18H,12H2,1H3,(H,24,28)(H,25,27)/t18-/m1/s1. The van der Waals surface area contributed by atoms with E-state index in [1.54, 1.807) is 41.2 Å². The number of nitrogens with zero attached hydrogens (tertiary/aromatic N) is 2. The second-order valence-corrected chi connectivity index (χ2v) is 6.58. The maximum atomic E-state index is 13.2. The Morgan fingerprint density at radius 3 is 2.61 bits per heavy atom. The van der Waals surface area contributed by atoms with Crippen molar-refractivity contribution in [2.24, 2.45) is 7.05 Å². The highest BCUT2D eigenvalue weighted by atomic mass is 35.5. The van der Waals surface area contributed by atoms with Gasteiger partial charge in [-0.15, -0.1) is 0 Å². The van der Waals surface area contributed by atoms with Gasteiger partial charge in [0.1, 0.15) is 17.7 Å². The third kappa shape index (κ3) is 4.75. The van der Waals surface area contributed by atoms with Gasteiger partial charge in [-0.1, -0.05) is 29.8 Å². The third-order valence-electron chi connectivity index (χ3n) is 4.12. The summed E-state index contributed by atoms with van der Waals surface area (Å²) in [6, 6.07) is 11.8. The van der Waals surface area contributed by atoms with Crippen LogP contribution < -0.4 is 10.6 Å². The van der Waals surface area contributed by atoms with Gasteiger partial charge in [-0.3, -0.25) is 9.59 Å². The first-order valence-electron chi connectivity index (χ1n) is 8.50. The van der Waals surface area contributed by atoms with Gasteiger partial charge in [0.2, 0.25) is 5.91 Å². The molecule has 2 amide bonds. The van der Waals surface area contributed by atoms with E-state index in [0.29, 0.717) is 10.8 Å². The molecule has 0 saturated heterocycles. The van der Waals surface area contributed by atoms with Gasteiger partial charge in [-0.2, -0.15) is 0 Å². The number of carbonyl (C=O) groups is 2. The average molecular weight is 401 g/mol. The minimum atomic E-state index is -0.533. The summed E-state index contributed by atoms with van der Waals surface area (Å²) in [6.45, 7) is -0.260. The predicted octanol–water partition coefficient (Wildman–Crippen LogP) is 2.85. The van der Waals surface area contributed by atoms with E-state index in [0.717, 1.165) is 11.6 Å². The van der Waals surface area contributed by atoms with Gasteiger partial charge in [0.05, 0.1) is 6.54 Å². The Morgan fingerprint density at radius 2 is 1.96 bits per heavy atom. The van der Waals surface area contributed by atoms with Crippen molar-refractivity contribution in [1.29, 1.82) is 0 Å². The van der Waals surface area contributed by atoms with Gasteiger partial charge in [-0.25, -0.2) is 9.37 Å². The van der Waals surface area contributed by atoms with Gasteiger partial charge < -0.3 is 15.2 Å². The fourth-order valence-corrected chi connectivity index (χ4v) is 2.84. The quantitative estimate of drug-likeness (QED) is 0.668. The Bertz CT molecular complexity index is 988. The molecule has 0 aliphatic carbocycles. The third-order valence-corrected chi connectivity index (χ3v) is 4.37. The van der Waals surface area contributed by atoms with Gasteiger partial charge in [0, 0.05) is 30.0 Å². The normalized spacial score (nSPS) is 11.7. The summed E-state index contributed by atoms with van der Waals surface area (Å²) in [6.07, 6.45) is 3.41. The zero-order valence-corrected chi connectivity index (χ0v) is 15.8. The minimum Gasteiger partial charge on any atom is -0.343 e. The van der Waals surface area contributed by atoms with Crippen LogP contribution in [0.3, 0.4) is 0 Å². The first kappa shape index (κ1) is 19.6. The first-order valence-corrected chi connectivity index (χ1v) is 8.87. The van der Waals surface area contributed by atoms with E-state index < -0.39 is 23.7 Å². The van der Waals surface area contributed by atoms with Crippen molar-refractivity contribution in [1.82, 2.24) is 20.2 Å². The second kappa shape index (κ2) is 8.67. The Kier molecular flexibility index (Phi) is 6.06. The van der Waals surface area contributed by atoms with Crippen LogP contribution in [-0.4, -0.2) is 27.9 Å². The smallest absolute Gasteiger partial charge is 0.251 e. The number of carbonyl (C=O) groups excluding carboxylic acids is 2. The Balaban J connectivity index is 1.70. The van der Waals surface area contributed by atoms with Crippen LogP contribution in [0.1, 0.15) is 27.8 Å². The molecule has 0 aliphatic rings. The van der Waals surface area contributed by atoms with E-state index >= 15 is 0 Å². The van der Waals surface area contributed by atoms with Gasteiger partial charge in [0.15, 0.2) is 0 Å². The molecule has 1 atom stereocenters. The van der Waals surface area contributed by atoms with E-state index in [9.17, 15) is 14.0 Å². The summed E-state index contributed by atoms with van der Waals surface area (Å²) in [5.74, 6) is -0.829. The number of nitrogens with one attached hydrogen (secondary N) is 2. The summed E-state index contributed by atoms with van der Waals surface area (Å²) in [5.41, 5.74) is 0.939. The summed E-state index contributed by atoms with van der Waals surface area (Å²) >= 11 is 5.95. The molecule has 144 valence electrons. The molecule has 2 aromatic carbocycles. The largest absolute Gasteiger partial charge is 0.343 e. The highest BCUT2D eigenvalue weighted by Crippen LogP contribution is 2.22. The summed E-state index contributed by atoms with van der Waals surface area (Å²) in [5, 5.41) is 5.93. The molecule has 0 spiro atoms. The fraction of sp³-hybridized carbons (Fsp3) is 0.150. The van der Waals surface area contributed by atoms with E-state index in [1.807, 2.05) is 7.05 Å². The Labute approximate surface area is 166 Å². The zero-order chi connectivity index (χ0) is 20.1. The second-order valence-electron chi connectivity index (χ2n) is 6.14. The molecule has 8 heteroatoms. The number of hydrogen-bond acceptors (Lipinski definition) is 3. The highest BCUT2D eigenvalue weighted by Gasteiger charge is 2.21. The number of amides is 2. The van der Waals surface area contributed by atoms with Crippen molar-refractivity contribution < 1.29 is 14.0 Å². The molecule has 0 unspecified atom stereocenters. The summed E-state index contributed by atoms with van der Waals surface area (Å²) < 4.78 is 15.0. The van der Waals surface area contributed by atoms with Crippen LogP contribution in [0.2, 0.25) is 5.02 Å². The molecule has 0 saturated carbocycles. The fourth-order valence-electron chi connectivity index (χ4n) is 2.71. The molecule has 1 heterocycles. The Morgan fingerprint density at radius 1 is 1.21 bits per heavy atom. The van der Waals surface area contributed by atoms with Crippen LogP contribution in [0.25, 0.3) is 0 Å². The lowest BCUT2D eigenvalue weighted by atomic mass is 10.1. The molecule has 2 N–H and O–H groups in total. The average Bonchev–Trinajstić information content (AvgIpc) is 3.10. The van der Waals surface area contributed by atoms with Crippen molar-refractivity contribution in [3.05, 3.63) is 88.7 Å². The van der Waals surface area contributed by atoms with Crippen LogP contribution in [0.4, 0.5) is 4.39 Å². The minimum absolute atomic E-state index is 0.145. The SMILES string of the molecule is Cn1ccnc1[C@H](NC(=O)CNC(=O)c1cccc(F)c1)c1ccc(Cl)cc1. The van der Waals surface area contributed by atoms with Gasteiger partial charge >= 0.3 is 0 Å². The van der Waals surface area contributed by atoms with Crippen LogP contribution >= 0.6 is 11.6 Å². The van der Waals surface area contributed by atoms with Crippen molar-refractivity contribution in [2.75, 3.05) is 6.54 Å². The van der Waals surface area contributed by atoms with Crippen molar-refractivity contribution in [3.8, 4) is 0 Å². The number of imidazole rings is 1. The lowest BCUT2D eigenvalue weighted by Gasteiger charge is -2.19. The lowest BCUT2D eigenvalue weighted by Crippen LogP contribution is -2.39. The number of rotatable bonds is 6. The molecular formula is C20H18ClFN4O2. The molecule has 0 bridgehead atoms. The number of benzene rings is 2. The molecule has 3 aromatic rings. The number of halogens is 2. The van der Waals surface area contributed by atoms with E-state index in [2.05, 4.69) is 15.6 Å². The van der Waals surface area contributed by atoms with Crippen molar-refractivity contribution in [2.45, 2.75) is 6.04 Å². The maximum Gasteiger partial charge on any atom is 0.251 e. The number of hydrogen-bond donors (Lipinski definition) is 2. The topological polar surface area (TPSA) is 76.0 Å². The summed E-state index contributed by atoms with van der Waals surface area (Å²) in [7, 11) is 1.82. The Hall–Kier alpha value is -3.19. The lowest BCUT2D eigenvalue weighted by molar-refractivity contribution is -0.120. The molecule has 0 radical (unpaired) electrons. The van der Waals surface area contributed by atoms with Crippen LogP contribution in [0.15, 0.2) is 60.9 Å². The van der Waals surface area contributed by atoms with Crippen LogP contribution in [0, 0.1) is 5.82 Å². The van der Waals surface area contributed by atoms with E-state index in [-0.39, 0.29) is 12.1 Å². The maximum absolute atomic E-state index is 13.2. The molecule has 28 heavy (non-hydrogen) atoms. The molecule has 1 aromatic heterocycles. The predicted molar refractivity (Wildman–Crippen MR) is 103 cm³/mol. The molecule has 6 nitrogen and oxygen atoms in total. The first-order chi connectivity index (χ1) is 13.4. The number of aromatic nitrogens is 2. The van der Waals surface area contributed by atoms with Gasteiger partial charge in [0.25, 0.3) is 5.91 Å². The van der Waals surface area contributed by atoms with Crippen LogP contribution in [-0.2, 0) is 11.8 Å². The van der Waals surface area contributed by atoms with Gasteiger partial charge in [-0.05, 0) is 35.9 Å². The van der Waals surface area contributed by atoms with Crippen LogP contribution in [0.5, 0.6) is 0 Å². The van der Waals surface area contributed by atoms with E-state index in [4.69, 9.17) is 11.6 Å². The molecule has 0 fully saturated rings. The number of aryl methyl sites for hydroxylation is 1. The van der Waals surface area contributed by atoms with E-state index in [1.165, 1.54) is 18.2 Å². The molecular weight excluding hydrogens is 383 g/mol. The van der Waals surface area contributed by atoms with Crippen molar-refractivity contribution in [3.63, 3.8) is 0 Å². The highest BCUT2D eigenvalue weighted by molar-refractivity contribution is 6.30. The monoisotopic (exact) mass is 400 g/mol. The van der Waals surface area contributed by atoms with Crippen molar-refractivity contribution >= 4 is 23.4 Å². The zero-order valence-electron chi connectivity index (χ0n) is 15.0. The molecule has 0 aliphatic heterocycles. The summed E-state index contributed by atoms with van der Waals surface area (Å²) in [4.78, 5) is 28.8.